The molecule has 1 aromatic carbocycles. The van der Waals surface area contributed by atoms with Crippen LogP contribution >= 0.6 is 11.8 Å². The van der Waals surface area contributed by atoms with Gasteiger partial charge in [0.1, 0.15) is 11.6 Å². The van der Waals surface area contributed by atoms with Crippen molar-refractivity contribution in [1.82, 2.24) is 15.3 Å². The third-order valence-corrected chi connectivity index (χ3v) is 4.02. The number of ether oxygens (including phenoxy) is 1. The summed E-state index contributed by atoms with van der Waals surface area (Å²) in [5, 5.41) is 3.48. The zero-order chi connectivity index (χ0) is 11.7. The van der Waals surface area contributed by atoms with Crippen LogP contribution in [0.25, 0.3) is 11.0 Å². The zero-order valence-corrected chi connectivity index (χ0v) is 10.5. The Kier molecular flexibility index (Phi) is 2.94. The third kappa shape index (κ3) is 2.12. The molecule has 5 heteroatoms. The van der Waals surface area contributed by atoms with Gasteiger partial charge in [0.25, 0.3) is 0 Å². The van der Waals surface area contributed by atoms with Gasteiger partial charge in [0.2, 0.25) is 0 Å². The highest BCUT2D eigenvalue weighted by molar-refractivity contribution is 7.99. The van der Waals surface area contributed by atoms with Crippen molar-refractivity contribution in [3.05, 3.63) is 24.0 Å². The molecule has 17 heavy (non-hydrogen) atoms. The lowest BCUT2D eigenvalue weighted by Crippen LogP contribution is -2.30. The van der Waals surface area contributed by atoms with Crippen LogP contribution in [0.4, 0.5) is 0 Å². The standard InChI is InChI=1S/C12H15N3OS/c1-16-8-2-3-9-10(6-8)15-12(14-9)11-7-17-5-4-13-11/h2-3,6,11,13H,4-5,7H2,1H3,(H,14,15). The van der Waals surface area contributed by atoms with E-state index in [1.807, 2.05) is 30.0 Å². The van der Waals surface area contributed by atoms with Crippen molar-refractivity contribution in [3.8, 4) is 5.75 Å². The first-order valence-corrected chi connectivity index (χ1v) is 6.87. The van der Waals surface area contributed by atoms with Crippen LogP contribution in [-0.2, 0) is 0 Å². The molecule has 0 radical (unpaired) electrons. The first kappa shape index (κ1) is 10.9. The molecule has 0 aliphatic carbocycles. The number of imidazole rings is 1. The van der Waals surface area contributed by atoms with Gasteiger partial charge in [0, 0.05) is 24.1 Å². The molecule has 1 saturated heterocycles. The van der Waals surface area contributed by atoms with E-state index in [0.717, 1.165) is 34.9 Å². The first-order valence-electron chi connectivity index (χ1n) is 5.71. The van der Waals surface area contributed by atoms with Crippen LogP contribution in [0.3, 0.4) is 0 Å². The van der Waals surface area contributed by atoms with E-state index >= 15 is 0 Å². The molecule has 2 heterocycles. The maximum Gasteiger partial charge on any atom is 0.125 e. The summed E-state index contributed by atoms with van der Waals surface area (Å²) in [6, 6.07) is 6.26. The molecule has 1 atom stereocenters. The number of nitrogens with zero attached hydrogens (tertiary/aromatic N) is 1. The van der Waals surface area contributed by atoms with Crippen LogP contribution < -0.4 is 10.1 Å². The molecular weight excluding hydrogens is 234 g/mol. The molecular formula is C12H15N3OS. The van der Waals surface area contributed by atoms with Crippen LogP contribution in [0, 0.1) is 0 Å². The summed E-state index contributed by atoms with van der Waals surface area (Å²) in [4.78, 5) is 8.00. The molecule has 1 fully saturated rings. The lowest BCUT2D eigenvalue weighted by molar-refractivity contribution is 0.415. The second-order valence-electron chi connectivity index (χ2n) is 4.09. The van der Waals surface area contributed by atoms with E-state index in [-0.39, 0.29) is 0 Å². The third-order valence-electron chi connectivity index (χ3n) is 2.96. The highest BCUT2D eigenvalue weighted by Crippen LogP contribution is 2.24. The summed E-state index contributed by atoms with van der Waals surface area (Å²) in [5.41, 5.74) is 2.04. The topological polar surface area (TPSA) is 49.9 Å². The molecule has 1 aliphatic heterocycles. The molecule has 1 aliphatic rings. The summed E-state index contributed by atoms with van der Waals surface area (Å²) in [6.45, 7) is 1.05. The van der Waals surface area contributed by atoms with Crippen LogP contribution in [0.5, 0.6) is 5.75 Å². The predicted octanol–water partition coefficient (Wildman–Crippen LogP) is 1.95. The fraction of sp³-hybridized carbons (Fsp3) is 0.417. The summed E-state index contributed by atoms with van der Waals surface area (Å²) >= 11 is 1.97. The Morgan fingerprint density at radius 1 is 1.47 bits per heavy atom. The highest BCUT2D eigenvalue weighted by Gasteiger charge is 2.18. The van der Waals surface area contributed by atoms with Crippen molar-refractivity contribution in [2.45, 2.75) is 6.04 Å². The number of nitrogens with one attached hydrogen (secondary N) is 2. The number of aromatic nitrogens is 2. The van der Waals surface area contributed by atoms with Gasteiger partial charge in [-0.25, -0.2) is 4.98 Å². The average molecular weight is 249 g/mol. The van der Waals surface area contributed by atoms with Crippen molar-refractivity contribution < 1.29 is 4.74 Å². The molecule has 90 valence electrons. The lowest BCUT2D eigenvalue weighted by Gasteiger charge is -2.20. The summed E-state index contributed by atoms with van der Waals surface area (Å²) < 4.78 is 5.21. The number of benzene rings is 1. The molecule has 0 saturated carbocycles. The summed E-state index contributed by atoms with van der Waals surface area (Å²) in [5.74, 6) is 4.15. The molecule has 0 bridgehead atoms. The molecule has 3 rings (SSSR count). The van der Waals surface area contributed by atoms with Gasteiger partial charge >= 0.3 is 0 Å². The number of fused-ring (bicyclic) bond motifs is 1. The molecule has 1 aromatic heterocycles. The predicted molar refractivity (Wildman–Crippen MR) is 70.7 cm³/mol. The van der Waals surface area contributed by atoms with Gasteiger partial charge in [-0.05, 0) is 12.1 Å². The molecule has 2 aromatic rings. The van der Waals surface area contributed by atoms with E-state index in [4.69, 9.17) is 4.74 Å². The zero-order valence-electron chi connectivity index (χ0n) is 9.69. The molecule has 0 spiro atoms. The van der Waals surface area contributed by atoms with Crippen LogP contribution in [-0.4, -0.2) is 35.1 Å². The maximum atomic E-state index is 5.21. The molecule has 0 amide bonds. The van der Waals surface area contributed by atoms with Crippen LogP contribution in [0.1, 0.15) is 11.9 Å². The molecule has 2 N–H and O–H groups in total. The SMILES string of the molecule is COc1ccc2nc(C3CSCCN3)[nH]c2c1. The Balaban J connectivity index is 1.95. The van der Waals surface area contributed by atoms with Crippen molar-refractivity contribution in [3.63, 3.8) is 0 Å². The van der Waals surface area contributed by atoms with Gasteiger partial charge in [-0.2, -0.15) is 11.8 Å². The minimum Gasteiger partial charge on any atom is -0.497 e. The van der Waals surface area contributed by atoms with Gasteiger partial charge in [-0.15, -0.1) is 0 Å². The second-order valence-corrected chi connectivity index (χ2v) is 5.24. The van der Waals surface area contributed by atoms with E-state index in [9.17, 15) is 0 Å². The van der Waals surface area contributed by atoms with E-state index < -0.39 is 0 Å². The van der Waals surface area contributed by atoms with E-state index in [0.29, 0.717) is 6.04 Å². The average Bonchev–Trinajstić information content (AvgIpc) is 2.82. The lowest BCUT2D eigenvalue weighted by atomic mass is 10.3. The Bertz CT molecular complexity index is 519. The van der Waals surface area contributed by atoms with Crippen LogP contribution in [0.15, 0.2) is 18.2 Å². The maximum absolute atomic E-state index is 5.21. The summed E-state index contributed by atoms with van der Waals surface area (Å²) in [7, 11) is 1.68. The van der Waals surface area contributed by atoms with E-state index in [2.05, 4.69) is 15.3 Å². The second kappa shape index (κ2) is 4.58. The monoisotopic (exact) mass is 249 g/mol. The van der Waals surface area contributed by atoms with E-state index in [1.165, 1.54) is 5.75 Å². The first-order chi connectivity index (χ1) is 8.36. The normalized spacial score (nSPS) is 20.6. The number of H-pyrrole nitrogens is 1. The number of methoxy groups -OCH3 is 1. The Morgan fingerprint density at radius 2 is 2.41 bits per heavy atom. The Hall–Kier alpha value is -1.20. The van der Waals surface area contributed by atoms with Gasteiger partial charge in [-0.1, -0.05) is 0 Å². The number of aromatic amines is 1. The number of hydrogen-bond donors (Lipinski definition) is 2. The molecule has 4 nitrogen and oxygen atoms in total. The van der Waals surface area contributed by atoms with Gasteiger partial charge in [0.15, 0.2) is 0 Å². The van der Waals surface area contributed by atoms with Gasteiger partial charge in [-0.3, -0.25) is 0 Å². The van der Waals surface area contributed by atoms with Gasteiger partial charge in [0.05, 0.1) is 24.2 Å². The van der Waals surface area contributed by atoms with Crippen LogP contribution in [0.2, 0.25) is 0 Å². The molecule has 1 unspecified atom stereocenters. The minimum atomic E-state index is 0.340. The highest BCUT2D eigenvalue weighted by atomic mass is 32.2. The fourth-order valence-electron chi connectivity index (χ4n) is 2.04. The fourth-order valence-corrected chi connectivity index (χ4v) is 2.98. The van der Waals surface area contributed by atoms with Crippen molar-refractivity contribution >= 4 is 22.8 Å². The minimum absolute atomic E-state index is 0.340. The smallest absolute Gasteiger partial charge is 0.125 e. The Labute approximate surface area is 104 Å². The van der Waals surface area contributed by atoms with Crippen molar-refractivity contribution in [2.75, 3.05) is 25.2 Å². The quantitative estimate of drug-likeness (QED) is 0.854. The number of thioether (sulfide) groups is 1. The number of rotatable bonds is 2. The Morgan fingerprint density at radius 3 is 3.18 bits per heavy atom. The van der Waals surface area contributed by atoms with Gasteiger partial charge < -0.3 is 15.0 Å². The largest absolute Gasteiger partial charge is 0.497 e. The van der Waals surface area contributed by atoms with Crippen molar-refractivity contribution in [1.29, 1.82) is 0 Å². The van der Waals surface area contributed by atoms with Crippen molar-refractivity contribution in [2.24, 2.45) is 0 Å². The summed E-state index contributed by atoms with van der Waals surface area (Å²) in [6.07, 6.45) is 0. The number of hydrogen-bond acceptors (Lipinski definition) is 4. The van der Waals surface area contributed by atoms with E-state index in [1.54, 1.807) is 7.11 Å².